The zero-order valence-corrected chi connectivity index (χ0v) is 17.6. The maximum Gasteiger partial charge on any atom is 0.243 e. The second-order valence-electron chi connectivity index (χ2n) is 7.46. The van der Waals surface area contributed by atoms with Crippen LogP contribution in [0.3, 0.4) is 0 Å². The van der Waals surface area contributed by atoms with Crippen molar-refractivity contribution in [1.82, 2.24) is 5.32 Å². The van der Waals surface area contributed by atoms with Gasteiger partial charge in [-0.2, -0.15) is 0 Å². The second-order valence-corrected chi connectivity index (χ2v) is 9.32. The summed E-state index contributed by atoms with van der Waals surface area (Å²) in [5, 5.41) is 3.07. The van der Waals surface area contributed by atoms with Gasteiger partial charge in [-0.25, -0.2) is 8.42 Å². The molecule has 2 rings (SSSR count). The molecule has 1 amide bonds. The molecule has 152 valence electrons. The van der Waals surface area contributed by atoms with Crippen molar-refractivity contribution in [3.63, 3.8) is 0 Å². The van der Waals surface area contributed by atoms with E-state index in [1.54, 1.807) is 19.1 Å². The molecule has 27 heavy (non-hydrogen) atoms. The summed E-state index contributed by atoms with van der Waals surface area (Å²) >= 11 is 0. The zero-order valence-electron chi connectivity index (χ0n) is 16.8. The number of anilines is 1. The van der Waals surface area contributed by atoms with E-state index in [0.717, 1.165) is 41.8 Å². The van der Waals surface area contributed by atoms with Crippen LogP contribution in [0.25, 0.3) is 0 Å². The molecule has 0 heterocycles. The largest absolute Gasteiger partial charge is 0.495 e. The van der Waals surface area contributed by atoms with Gasteiger partial charge in [-0.3, -0.25) is 9.10 Å². The molecule has 0 aromatic heterocycles. The van der Waals surface area contributed by atoms with Crippen LogP contribution < -0.4 is 14.4 Å². The maximum absolute atomic E-state index is 12.9. The Labute approximate surface area is 163 Å². The molecule has 1 fully saturated rings. The second kappa shape index (κ2) is 9.44. The van der Waals surface area contributed by atoms with Crippen molar-refractivity contribution in [2.75, 3.05) is 17.7 Å². The molecule has 7 heteroatoms. The molecule has 0 spiro atoms. The molecule has 1 saturated carbocycles. The van der Waals surface area contributed by atoms with Crippen molar-refractivity contribution in [3.8, 4) is 5.75 Å². The highest BCUT2D eigenvalue weighted by molar-refractivity contribution is 7.92. The van der Waals surface area contributed by atoms with Crippen LogP contribution in [-0.2, 0) is 14.8 Å². The number of sulfonamides is 1. The predicted octanol–water partition coefficient (Wildman–Crippen LogP) is 3.39. The quantitative estimate of drug-likeness (QED) is 0.800. The lowest BCUT2D eigenvalue weighted by molar-refractivity contribution is -0.122. The lowest BCUT2D eigenvalue weighted by Crippen LogP contribution is -2.50. The Morgan fingerprint density at radius 2 is 1.78 bits per heavy atom. The van der Waals surface area contributed by atoms with Crippen molar-refractivity contribution in [3.05, 3.63) is 23.8 Å². The third-order valence-corrected chi connectivity index (χ3v) is 6.34. The fraction of sp³-hybridized carbons (Fsp3) is 0.650. The van der Waals surface area contributed by atoms with Crippen LogP contribution in [0.15, 0.2) is 18.2 Å². The fourth-order valence-electron chi connectivity index (χ4n) is 3.68. The summed E-state index contributed by atoms with van der Waals surface area (Å²) in [6.07, 6.45) is 8.86. The van der Waals surface area contributed by atoms with Crippen LogP contribution in [0.5, 0.6) is 5.75 Å². The molecule has 1 N–H and O–H groups in total. The topological polar surface area (TPSA) is 75.7 Å². The number of nitrogens with zero attached hydrogens (tertiary/aromatic N) is 1. The van der Waals surface area contributed by atoms with E-state index in [1.165, 1.54) is 26.4 Å². The average Bonchev–Trinajstić information content (AvgIpc) is 2.56. The molecule has 1 aromatic carbocycles. The van der Waals surface area contributed by atoms with Crippen LogP contribution >= 0.6 is 0 Å². The van der Waals surface area contributed by atoms with Gasteiger partial charge in [0, 0.05) is 6.04 Å². The number of nitrogens with one attached hydrogen (secondary N) is 1. The van der Waals surface area contributed by atoms with Crippen LogP contribution in [0.1, 0.15) is 57.4 Å². The predicted molar refractivity (Wildman–Crippen MR) is 109 cm³/mol. The van der Waals surface area contributed by atoms with Crippen LogP contribution in [0.4, 0.5) is 5.69 Å². The molecule has 0 bridgehead atoms. The SMILES string of the molecule is COc1ccc(C)cc1N([C@H](C)C(=O)NC1CCCCCCC1)S(C)(=O)=O. The molecule has 6 nitrogen and oxygen atoms in total. The molecule has 1 atom stereocenters. The fourth-order valence-corrected chi connectivity index (χ4v) is 4.85. The summed E-state index contributed by atoms with van der Waals surface area (Å²) in [5.74, 6) is 0.159. The zero-order chi connectivity index (χ0) is 20.0. The summed E-state index contributed by atoms with van der Waals surface area (Å²) < 4.78 is 31.6. The molecule has 1 aliphatic rings. The molecule has 0 unspecified atom stereocenters. The highest BCUT2D eigenvalue weighted by Gasteiger charge is 2.32. The van der Waals surface area contributed by atoms with Crippen molar-refractivity contribution >= 4 is 21.6 Å². The first-order chi connectivity index (χ1) is 12.7. The van der Waals surface area contributed by atoms with Crippen molar-refractivity contribution in [2.24, 2.45) is 0 Å². The van der Waals surface area contributed by atoms with Gasteiger partial charge in [0.1, 0.15) is 11.8 Å². The van der Waals surface area contributed by atoms with E-state index in [9.17, 15) is 13.2 Å². The van der Waals surface area contributed by atoms with Gasteiger partial charge in [0.05, 0.1) is 19.1 Å². The lowest BCUT2D eigenvalue weighted by atomic mass is 9.96. The van der Waals surface area contributed by atoms with Crippen molar-refractivity contribution in [1.29, 1.82) is 0 Å². The monoisotopic (exact) mass is 396 g/mol. The van der Waals surface area contributed by atoms with Crippen LogP contribution in [0, 0.1) is 6.92 Å². The minimum atomic E-state index is -3.67. The van der Waals surface area contributed by atoms with Gasteiger partial charge >= 0.3 is 0 Å². The third kappa shape index (κ3) is 5.86. The first kappa shape index (κ1) is 21.5. The smallest absolute Gasteiger partial charge is 0.243 e. The standard InChI is InChI=1S/C20H32N2O4S/c1-15-12-13-19(26-3)18(14-15)22(27(4,24)25)16(2)20(23)21-17-10-8-6-5-7-9-11-17/h12-14,16-17H,5-11H2,1-4H3,(H,21,23)/t16-/m1/s1. The molecule has 1 aliphatic carbocycles. The lowest BCUT2D eigenvalue weighted by Gasteiger charge is -2.31. The van der Waals surface area contributed by atoms with Gasteiger partial charge in [-0.05, 0) is 44.4 Å². The van der Waals surface area contributed by atoms with Crippen molar-refractivity contribution in [2.45, 2.75) is 70.9 Å². The van der Waals surface area contributed by atoms with Crippen LogP contribution in [-0.4, -0.2) is 39.8 Å². The summed E-state index contributed by atoms with van der Waals surface area (Å²) in [5.41, 5.74) is 1.28. The number of hydrogen-bond donors (Lipinski definition) is 1. The number of ether oxygens (including phenoxy) is 1. The first-order valence-corrected chi connectivity index (χ1v) is 11.5. The van der Waals surface area contributed by atoms with Gasteiger partial charge in [0.15, 0.2) is 0 Å². The average molecular weight is 397 g/mol. The van der Waals surface area contributed by atoms with Gasteiger partial charge in [0.25, 0.3) is 0 Å². The van der Waals surface area contributed by atoms with E-state index in [0.29, 0.717) is 11.4 Å². The molecular formula is C20H32N2O4S. The number of methoxy groups -OCH3 is 1. The molecule has 0 saturated heterocycles. The highest BCUT2D eigenvalue weighted by atomic mass is 32.2. The van der Waals surface area contributed by atoms with E-state index in [4.69, 9.17) is 4.74 Å². The minimum Gasteiger partial charge on any atom is -0.495 e. The third-order valence-electron chi connectivity index (χ3n) is 5.11. The Balaban J connectivity index is 2.26. The normalized spacial score (nSPS) is 17.5. The van der Waals surface area contributed by atoms with Crippen molar-refractivity contribution < 1.29 is 17.9 Å². The highest BCUT2D eigenvalue weighted by Crippen LogP contribution is 2.32. The first-order valence-electron chi connectivity index (χ1n) is 9.68. The number of rotatable bonds is 6. The van der Waals surface area contributed by atoms with E-state index in [1.807, 2.05) is 13.0 Å². The van der Waals surface area contributed by atoms with E-state index < -0.39 is 16.1 Å². The number of benzene rings is 1. The number of carbonyl (C=O) groups excluding carboxylic acids is 1. The molecule has 0 aliphatic heterocycles. The summed E-state index contributed by atoms with van der Waals surface area (Å²) in [6, 6.07) is 4.56. The van der Waals surface area contributed by atoms with Gasteiger partial charge < -0.3 is 10.1 Å². The number of carbonyl (C=O) groups is 1. The number of aryl methyl sites for hydroxylation is 1. The Morgan fingerprint density at radius 1 is 1.19 bits per heavy atom. The Hall–Kier alpha value is -1.76. The molecule has 1 aromatic rings. The molecule has 0 radical (unpaired) electrons. The van der Waals surface area contributed by atoms with E-state index in [2.05, 4.69) is 5.32 Å². The maximum atomic E-state index is 12.9. The Bertz CT molecular complexity index is 740. The minimum absolute atomic E-state index is 0.112. The summed E-state index contributed by atoms with van der Waals surface area (Å²) in [7, 11) is -2.18. The summed E-state index contributed by atoms with van der Waals surface area (Å²) in [6.45, 7) is 3.50. The number of amides is 1. The van der Waals surface area contributed by atoms with E-state index in [-0.39, 0.29) is 11.9 Å². The van der Waals surface area contributed by atoms with Gasteiger partial charge in [0.2, 0.25) is 15.9 Å². The van der Waals surface area contributed by atoms with Gasteiger partial charge in [-0.15, -0.1) is 0 Å². The Kier molecular flexibility index (Phi) is 7.53. The van der Waals surface area contributed by atoms with E-state index >= 15 is 0 Å². The Morgan fingerprint density at radius 3 is 2.33 bits per heavy atom. The summed E-state index contributed by atoms with van der Waals surface area (Å²) in [4.78, 5) is 12.9. The molecular weight excluding hydrogens is 364 g/mol. The number of hydrogen-bond acceptors (Lipinski definition) is 4. The van der Waals surface area contributed by atoms with Gasteiger partial charge in [-0.1, -0.05) is 38.2 Å². The van der Waals surface area contributed by atoms with Crippen LogP contribution in [0.2, 0.25) is 0 Å².